The molecule has 7 heteroatoms. The predicted molar refractivity (Wildman–Crippen MR) is 120 cm³/mol. The maximum Gasteiger partial charge on any atom is 0.246 e. The molecule has 0 spiro atoms. The Bertz CT molecular complexity index is 1340. The third-order valence-corrected chi connectivity index (χ3v) is 5.80. The molecule has 0 atom stereocenters. The monoisotopic (exact) mass is 413 g/mol. The van der Waals surface area contributed by atoms with Crippen molar-refractivity contribution in [2.24, 2.45) is 10.2 Å². The molecule has 31 heavy (non-hydrogen) atoms. The number of nitrogens with zero attached hydrogens (tertiary/aromatic N) is 4. The maximum absolute atomic E-state index is 12.4. The fourth-order valence-corrected chi connectivity index (χ4v) is 3.97. The predicted octanol–water partition coefficient (Wildman–Crippen LogP) is 2.24. The van der Waals surface area contributed by atoms with Crippen LogP contribution in [0.4, 0.5) is 5.69 Å². The number of piperazine rings is 1. The number of carbonyl (C=O) groups is 1. The molecule has 1 fully saturated rings. The van der Waals surface area contributed by atoms with Gasteiger partial charge in [-0.1, -0.05) is 24.3 Å². The number of likely N-dealkylation sites (N-methyl/N-ethyl adjacent to an activating group) is 1. The molecule has 1 saturated heterocycles. The van der Waals surface area contributed by atoms with Gasteiger partial charge in [0.1, 0.15) is 0 Å². The van der Waals surface area contributed by atoms with E-state index in [2.05, 4.69) is 27.2 Å². The van der Waals surface area contributed by atoms with E-state index < -0.39 is 0 Å². The minimum Gasteiger partial charge on any atom is -0.494 e. The van der Waals surface area contributed by atoms with Crippen molar-refractivity contribution in [2.45, 2.75) is 0 Å². The number of hydrogen-bond donors (Lipinski definition) is 2. The van der Waals surface area contributed by atoms with Gasteiger partial charge in [0.05, 0.1) is 11.4 Å². The van der Waals surface area contributed by atoms with Gasteiger partial charge < -0.3 is 19.9 Å². The highest BCUT2D eigenvalue weighted by Gasteiger charge is 2.17. The molecule has 0 radical (unpaired) electrons. The second-order valence-corrected chi connectivity index (χ2v) is 7.90. The van der Waals surface area contributed by atoms with E-state index in [-0.39, 0.29) is 11.8 Å². The molecule has 0 saturated carbocycles. The van der Waals surface area contributed by atoms with Crippen LogP contribution in [-0.4, -0.2) is 59.0 Å². The first-order valence-electron chi connectivity index (χ1n) is 10.3. The standard InChI is InChI=1S/C24H23N5O2/c1-28-10-12-29(13-11-28)23(30)9-8-21-18-7-6-16(15-22(18)27-26-21)14-19-17-4-2-3-5-20(17)25-24(19)31/h2-9,14-15,25,31H,10-13H2,1H3/b9-8+,16-14+. The minimum atomic E-state index is 0.00372. The number of aromatic amines is 1. The molecule has 0 unspecified atom stereocenters. The molecule has 0 aliphatic carbocycles. The smallest absolute Gasteiger partial charge is 0.246 e. The van der Waals surface area contributed by atoms with Gasteiger partial charge in [-0.05, 0) is 42.6 Å². The molecule has 2 N–H and O–H groups in total. The Morgan fingerprint density at radius 3 is 2.74 bits per heavy atom. The van der Waals surface area contributed by atoms with Crippen molar-refractivity contribution < 1.29 is 9.90 Å². The Balaban J connectivity index is 1.43. The van der Waals surface area contributed by atoms with Gasteiger partial charge in [0.25, 0.3) is 0 Å². The molecule has 2 aromatic carbocycles. The summed E-state index contributed by atoms with van der Waals surface area (Å²) in [6.45, 7) is 3.27. The number of aromatic nitrogens is 1. The lowest BCUT2D eigenvalue weighted by molar-refractivity contribution is -0.127. The summed E-state index contributed by atoms with van der Waals surface area (Å²) in [5.74, 6) is 0.143. The van der Waals surface area contributed by atoms with Gasteiger partial charge in [0, 0.05) is 53.9 Å². The zero-order valence-corrected chi connectivity index (χ0v) is 17.2. The van der Waals surface area contributed by atoms with E-state index in [0.29, 0.717) is 5.70 Å². The first kappa shape index (κ1) is 19.3. The summed E-state index contributed by atoms with van der Waals surface area (Å²) in [6.07, 6.45) is 5.25. The molecule has 3 heterocycles. The number of nitrogens with one attached hydrogen (secondary N) is 1. The van der Waals surface area contributed by atoms with Gasteiger partial charge >= 0.3 is 0 Å². The van der Waals surface area contributed by atoms with E-state index in [4.69, 9.17) is 0 Å². The van der Waals surface area contributed by atoms with E-state index in [1.807, 2.05) is 53.4 Å². The van der Waals surface area contributed by atoms with Crippen molar-refractivity contribution in [1.82, 2.24) is 14.8 Å². The van der Waals surface area contributed by atoms with E-state index in [0.717, 1.165) is 58.8 Å². The van der Waals surface area contributed by atoms with Crippen molar-refractivity contribution in [1.29, 1.82) is 0 Å². The molecule has 7 nitrogen and oxygen atoms in total. The topological polar surface area (TPSA) is 84.3 Å². The van der Waals surface area contributed by atoms with Gasteiger partial charge in [-0.25, -0.2) is 0 Å². The molecule has 0 bridgehead atoms. The number of fused-ring (bicyclic) bond motifs is 2. The highest BCUT2D eigenvalue weighted by molar-refractivity contribution is 5.92. The van der Waals surface area contributed by atoms with Gasteiger partial charge in [-0.2, -0.15) is 0 Å². The summed E-state index contributed by atoms with van der Waals surface area (Å²) in [5.41, 5.74) is 3.06. The lowest BCUT2D eigenvalue weighted by Gasteiger charge is -2.31. The number of hydrogen-bond acceptors (Lipinski definition) is 5. The van der Waals surface area contributed by atoms with Gasteiger partial charge in [-0.3, -0.25) is 4.79 Å². The Morgan fingerprint density at radius 1 is 1.10 bits per heavy atom. The fourth-order valence-electron chi connectivity index (χ4n) is 3.97. The maximum atomic E-state index is 12.4. The van der Waals surface area contributed by atoms with E-state index in [9.17, 15) is 9.90 Å². The van der Waals surface area contributed by atoms with Crippen LogP contribution < -0.4 is 10.4 Å². The van der Waals surface area contributed by atoms with E-state index in [1.54, 1.807) is 12.2 Å². The lowest BCUT2D eigenvalue weighted by atomic mass is 10.1. The first-order valence-corrected chi connectivity index (χ1v) is 10.3. The van der Waals surface area contributed by atoms with Crippen molar-refractivity contribution in [2.75, 3.05) is 33.2 Å². The molecule has 1 aromatic heterocycles. The van der Waals surface area contributed by atoms with Gasteiger partial charge in [0.15, 0.2) is 5.88 Å². The number of rotatable bonds is 3. The van der Waals surface area contributed by atoms with Crippen LogP contribution in [0.5, 0.6) is 5.88 Å². The average molecular weight is 413 g/mol. The van der Waals surface area contributed by atoms with E-state index in [1.165, 1.54) is 0 Å². The van der Waals surface area contributed by atoms with Crippen molar-refractivity contribution in [3.05, 3.63) is 70.6 Å². The van der Waals surface area contributed by atoms with Crippen LogP contribution in [-0.2, 0) is 4.79 Å². The number of aromatic hydroxyl groups is 1. The van der Waals surface area contributed by atoms with Crippen LogP contribution in [0, 0.1) is 0 Å². The summed E-state index contributed by atoms with van der Waals surface area (Å²) in [7, 11) is 2.06. The van der Waals surface area contributed by atoms with Crippen LogP contribution in [0.25, 0.3) is 22.7 Å². The van der Waals surface area contributed by atoms with Crippen LogP contribution in [0.2, 0.25) is 0 Å². The molecular weight excluding hydrogens is 390 g/mol. The molecule has 5 rings (SSSR count). The number of H-pyrrole nitrogens is 1. The highest BCUT2D eigenvalue weighted by atomic mass is 16.3. The molecule has 156 valence electrons. The summed E-state index contributed by atoms with van der Waals surface area (Å²) in [6, 6.07) is 13.6. The normalized spacial score (nSPS) is 17.3. The highest BCUT2D eigenvalue weighted by Crippen LogP contribution is 2.27. The van der Waals surface area contributed by atoms with Crippen molar-refractivity contribution in [3.63, 3.8) is 0 Å². The molecular formula is C24H23N5O2. The Labute approximate surface area is 179 Å². The zero-order valence-electron chi connectivity index (χ0n) is 17.2. The molecule has 1 amide bonds. The Kier molecular flexibility index (Phi) is 4.88. The summed E-state index contributed by atoms with van der Waals surface area (Å²) >= 11 is 0. The molecule has 2 aliphatic rings. The van der Waals surface area contributed by atoms with Crippen LogP contribution in [0.3, 0.4) is 0 Å². The number of para-hydroxylation sites is 1. The SMILES string of the molecule is CN1CCN(C(=O)/C=C/C2=c3cc/c(=C\c4c(O)[nH]c5ccccc45)cc3N=N2)CC1. The summed E-state index contributed by atoms with van der Waals surface area (Å²) in [4.78, 5) is 19.5. The third kappa shape index (κ3) is 3.75. The van der Waals surface area contributed by atoms with Crippen LogP contribution in [0.15, 0.2) is 64.8 Å². The van der Waals surface area contributed by atoms with Gasteiger partial charge in [-0.15, -0.1) is 10.2 Å². The summed E-state index contributed by atoms with van der Waals surface area (Å²) in [5, 5.41) is 21.6. The fraction of sp³-hybridized carbons (Fsp3) is 0.208. The number of carbonyl (C=O) groups excluding carboxylic acids is 1. The van der Waals surface area contributed by atoms with E-state index >= 15 is 0 Å². The molecule has 3 aromatic rings. The Hall–Kier alpha value is -3.71. The van der Waals surface area contributed by atoms with Gasteiger partial charge in [0.2, 0.25) is 5.91 Å². The third-order valence-electron chi connectivity index (χ3n) is 5.80. The number of benzene rings is 2. The Morgan fingerprint density at radius 2 is 1.90 bits per heavy atom. The lowest BCUT2D eigenvalue weighted by Crippen LogP contribution is -2.46. The van der Waals surface area contributed by atoms with Crippen molar-refractivity contribution >= 4 is 34.3 Å². The largest absolute Gasteiger partial charge is 0.494 e. The molecule has 2 aliphatic heterocycles. The average Bonchev–Trinajstić information content (AvgIpc) is 3.33. The van der Waals surface area contributed by atoms with Crippen LogP contribution >= 0.6 is 0 Å². The minimum absolute atomic E-state index is 0.00372. The van der Waals surface area contributed by atoms with Crippen LogP contribution in [0.1, 0.15) is 5.56 Å². The number of amides is 1. The number of azo groups is 1. The zero-order chi connectivity index (χ0) is 21.4. The first-order chi connectivity index (χ1) is 15.1. The second kappa shape index (κ2) is 7.85. The second-order valence-electron chi connectivity index (χ2n) is 7.90. The van der Waals surface area contributed by atoms with Crippen molar-refractivity contribution in [3.8, 4) is 5.88 Å². The quantitative estimate of drug-likeness (QED) is 0.646. The summed E-state index contributed by atoms with van der Waals surface area (Å²) < 4.78 is 0.